The van der Waals surface area contributed by atoms with Crippen LogP contribution in [0.3, 0.4) is 0 Å². The van der Waals surface area contributed by atoms with Crippen LogP contribution in [0, 0.1) is 11.8 Å². The first kappa shape index (κ1) is 19.7. The van der Waals surface area contributed by atoms with Gasteiger partial charge in [0.25, 0.3) is 0 Å². The lowest BCUT2D eigenvalue weighted by atomic mass is 9.79. The summed E-state index contributed by atoms with van der Waals surface area (Å²) in [6.45, 7) is 1.88. The van der Waals surface area contributed by atoms with Crippen LogP contribution in [-0.4, -0.2) is 64.9 Å². The molecule has 9 nitrogen and oxygen atoms in total. The van der Waals surface area contributed by atoms with E-state index >= 15 is 0 Å². The van der Waals surface area contributed by atoms with Crippen LogP contribution in [0.15, 0.2) is 18.9 Å². The third-order valence-corrected chi connectivity index (χ3v) is 7.46. The van der Waals surface area contributed by atoms with Gasteiger partial charge in [0.2, 0.25) is 5.91 Å². The lowest BCUT2D eigenvalue weighted by molar-refractivity contribution is -0.140. The topological polar surface area (TPSA) is 102 Å². The predicted molar refractivity (Wildman–Crippen MR) is 108 cm³/mol. The van der Waals surface area contributed by atoms with Gasteiger partial charge < -0.3 is 14.6 Å². The Kier molecular flexibility index (Phi) is 5.54. The Balaban J connectivity index is 1.15. The summed E-state index contributed by atoms with van der Waals surface area (Å²) in [5, 5.41) is 25.9. The molecule has 1 N–H and O–H groups in total. The van der Waals surface area contributed by atoms with E-state index in [1.54, 1.807) is 12.7 Å². The minimum atomic E-state index is 0.117. The lowest BCUT2D eigenvalue weighted by Gasteiger charge is -2.38. The van der Waals surface area contributed by atoms with E-state index in [0.717, 1.165) is 70.2 Å². The molecule has 162 valence electrons. The first-order valence-corrected chi connectivity index (χ1v) is 11.4. The van der Waals surface area contributed by atoms with Crippen molar-refractivity contribution in [1.82, 2.24) is 34.7 Å². The summed E-state index contributed by atoms with van der Waals surface area (Å²) in [6, 6.07) is 0.569. The SMILES string of the molecule is O=C(C1CC(n2cnnc2)C1)N1CCC[C@@H]1Cn1cc(C2CCC(CO)CC2)nn1. The minimum Gasteiger partial charge on any atom is -0.396 e. The minimum absolute atomic E-state index is 0.117. The maximum absolute atomic E-state index is 13.1. The quantitative estimate of drug-likeness (QED) is 0.774. The molecule has 3 heterocycles. The van der Waals surface area contributed by atoms with Crippen molar-refractivity contribution in [3.05, 3.63) is 24.5 Å². The van der Waals surface area contributed by atoms with Crippen molar-refractivity contribution in [2.24, 2.45) is 11.8 Å². The largest absolute Gasteiger partial charge is 0.396 e. The van der Waals surface area contributed by atoms with E-state index in [0.29, 0.717) is 30.4 Å². The second-order valence-corrected chi connectivity index (χ2v) is 9.32. The van der Waals surface area contributed by atoms with Crippen molar-refractivity contribution in [3.8, 4) is 0 Å². The molecule has 1 saturated heterocycles. The molecule has 3 aliphatic rings. The average Bonchev–Trinajstić information content (AvgIpc) is 3.49. The maximum atomic E-state index is 13.1. The molecule has 2 aliphatic carbocycles. The molecule has 0 unspecified atom stereocenters. The Morgan fingerprint density at radius 1 is 1.10 bits per heavy atom. The van der Waals surface area contributed by atoms with Gasteiger partial charge in [-0.1, -0.05) is 5.21 Å². The van der Waals surface area contributed by atoms with Crippen molar-refractivity contribution in [2.45, 2.75) is 75.9 Å². The summed E-state index contributed by atoms with van der Waals surface area (Å²) in [5.74, 6) is 1.31. The summed E-state index contributed by atoms with van der Waals surface area (Å²) < 4.78 is 3.95. The molecule has 0 radical (unpaired) electrons. The summed E-state index contributed by atoms with van der Waals surface area (Å²) in [6.07, 6.45) is 13.7. The van der Waals surface area contributed by atoms with Crippen LogP contribution in [0.1, 0.15) is 69.0 Å². The van der Waals surface area contributed by atoms with Crippen LogP contribution in [-0.2, 0) is 11.3 Å². The standard InChI is InChI=1S/C21H31N7O2/c29-12-15-3-5-16(6-4-15)20-11-27(25-24-20)10-18-2-1-7-28(18)21(30)17-8-19(9-17)26-13-22-23-14-26/h11,13-19,29H,1-10,12H2/t15?,16?,17?,18-,19?/m1/s1. The Bertz CT molecular complexity index is 837. The molecule has 2 aromatic rings. The second kappa shape index (κ2) is 8.45. The first-order valence-electron chi connectivity index (χ1n) is 11.4. The van der Waals surface area contributed by atoms with Crippen LogP contribution in [0.25, 0.3) is 0 Å². The van der Waals surface area contributed by atoms with E-state index in [-0.39, 0.29) is 12.0 Å². The number of hydrogen-bond donors (Lipinski definition) is 1. The van der Waals surface area contributed by atoms with Crippen LogP contribution in [0.4, 0.5) is 0 Å². The number of aliphatic hydroxyl groups excluding tert-OH is 1. The van der Waals surface area contributed by atoms with E-state index in [1.807, 2.05) is 9.25 Å². The van der Waals surface area contributed by atoms with Gasteiger partial charge in [-0.3, -0.25) is 9.48 Å². The summed E-state index contributed by atoms with van der Waals surface area (Å²) in [4.78, 5) is 15.2. The van der Waals surface area contributed by atoms with Crippen molar-refractivity contribution in [3.63, 3.8) is 0 Å². The van der Waals surface area contributed by atoms with Crippen molar-refractivity contribution >= 4 is 5.91 Å². The fourth-order valence-electron chi connectivity index (χ4n) is 5.43. The number of carbonyl (C=O) groups is 1. The van der Waals surface area contributed by atoms with Crippen LogP contribution in [0.2, 0.25) is 0 Å². The monoisotopic (exact) mass is 413 g/mol. The number of nitrogens with zero attached hydrogens (tertiary/aromatic N) is 7. The molecule has 5 rings (SSSR count). The highest BCUT2D eigenvalue weighted by Crippen LogP contribution is 2.40. The van der Waals surface area contributed by atoms with Crippen molar-refractivity contribution < 1.29 is 9.90 Å². The first-order chi connectivity index (χ1) is 14.7. The lowest BCUT2D eigenvalue weighted by Crippen LogP contribution is -2.45. The van der Waals surface area contributed by atoms with Gasteiger partial charge in [-0.15, -0.1) is 15.3 Å². The molecule has 1 amide bonds. The van der Waals surface area contributed by atoms with Gasteiger partial charge in [0.05, 0.1) is 18.3 Å². The molecule has 1 aliphatic heterocycles. The third kappa shape index (κ3) is 3.87. The molecular formula is C21H31N7O2. The third-order valence-electron chi connectivity index (χ3n) is 7.46. The normalized spacial score (nSPS) is 31.6. The number of carbonyl (C=O) groups excluding carboxylic acids is 1. The summed E-state index contributed by atoms with van der Waals surface area (Å²) >= 11 is 0. The molecule has 0 aromatic carbocycles. The number of amides is 1. The zero-order valence-corrected chi connectivity index (χ0v) is 17.4. The summed E-state index contributed by atoms with van der Waals surface area (Å²) in [7, 11) is 0. The summed E-state index contributed by atoms with van der Waals surface area (Å²) in [5.41, 5.74) is 1.07. The second-order valence-electron chi connectivity index (χ2n) is 9.32. The zero-order valence-electron chi connectivity index (χ0n) is 17.4. The zero-order chi connectivity index (χ0) is 20.5. The van der Waals surface area contributed by atoms with E-state index < -0.39 is 0 Å². The molecular weight excluding hydrogens is 382 g/mol. The van der Waals surface area contributed by atoms with Gasteiger partial charge in [-0.05, 0) is 57.3 Å². The van der Waals surface area contributed by atoms with E-state index in [2.05, 4.69) is 31.6 Å². The highest BCUT2D eigenvalue weighted by Gasteiger charge is 2.41. The maximum Gasteiger partial charge on any atom is 0.226 e. The average molecular weight is 414 g/mol. The molecule has 30 heavy (non-hydrogen) atoms. The van der Waals surface area contributed by atoms with Gasteiger partial charge >= 0.3 is 0 Å². The molecule has 1 atom stereocenters. The fraction of sp³-hybridized carbons (Fsp3) is 0.762. The number of rotatable bonds is 6. The Morgan fingerprint density at radius 2 is 1.87 bits per heavy atom. The highest BCUT2D eigenvalue weighted by atomic mass is 16.3. The fourth-order valence-corrected chi connectivity index (χ4v) is 5.43. The smallest absolute Gasteiger partial charge is 0.226 e. The van der Waals surface area contributed by atoms with E-state index in [1.165, 1.54) is 0 Å². The van der Waals surface area contributed by atoms with Crippen LogP contribution < -0.4 is 0 Å². The van der Waals surface area contributed by atoms with Gasteiger partial charge in [0.15, 0.2) is 0 Å². The molecule has 0 bridgehead atoms. The van der Waals surface area contributed by atoms with Gasteiger partial charge in [0, 0.05) is 37.2 Å². The number of hydrogen-bond acceptors (Lipinski definition) is 6. The molecule has 2 aromatic heterocycles. The molecule has 2 saturated carbocycles. The Labute approximate surface area is 176 Å². The molecule has 9 heteroatoms. The highest BCUT2D eigenvalue weighted by molar-refractivity contribution is 5.80. The Morgan fingerprint density at radius 3 is 2.60 bits per heavy atom. The van der Waals surface area contributed by atoms with E-state index in [4.69, 9.17) is 0 Å². The number of aliphatic hydroxyl groups is 1. The van der Waals surface area contributed by atoms with Gasteiger partial charge in [0.1, 0.15) is 12.7 Å². The Hall–Kier alpha value is -2.29. The predicted octanol–water partition coefficient (Wildman–Crippen LogP) is 1.78. The van der Waals surface area contributed by atoms with Crippen molar-refractivity contribution in [1.29, 1.82) is 0 Å². The molecule has 0 spiro atoms. The van der Waals surface area contributed by atoms with Crippen molar-refractivity contribution in [2.75, 3.05) is 13.2 Å². The van der Waals surface area contributed by atoms with Crippen LogP contribution >= 0.6 is 0 Å². The number of likely N-dealkylation sites (tertiary alicyclic amines) is 1. The van der Waals surface area contributed by atoms with Gasteiger partial charge in [-0.2, -0.15) is 0 Å². The van der Waals surface area contributed by atoms with E-state index in [9.17, 15) is 9.90 Å². The van der Waals surface area contributed by atoms with Crippen LogP contribution in [0.5, 0.6) is 0 Å². The molecule has 3 fully saturated rings. The van der Waals surface area contributed by atoms with Gasteiger partial charge in [-0.25, -0.2) is 0 Å². The number of aromatic nitrogens is 6.